The van der Waals surface area contributed by atoms with Gasteiger partial charge in [0.2, 0.25) is 0 Å². The summed E-state index contributed by atoms with van der Waals surface area (Å²) in [5, 5.41) is 20.5. The average Bonchev–Trinajstić information content (AvgIpc) is 2.86. The van der Waals surface area contributed by atoms with Crippen LogP contribution in [0, 0.1) is 6.92 Å². The molecule has 2 atom stereocenters. The summed E-state index contributed by atoms with van der Waals surface area (Å²) >= 11 is 1.68. The molecule has 0 aromatic carbocycles. The highest BCUT2D eigenvalue weighted by Gasteiger charge is 2.42. The van der Waals surface area contributed by atoms with Crippen LogP contribution < -0.4 is 0 Å². The van der Waals surface area contributed by atoms with Gasteiger partial charge in [0.05, 0.1) is 24.4 Å². The van der Waals surface area contributed by atoms with Gasteiger partial charge in [-0.15, -0.1) is 21.5 Å². The molecule has 6 heteroatoms. The number of hydrogen-bond donors (Lipinski definition) is 1. The largest absolute Gasteiger partial charge is 0.393 e. The van der Waals surface area contributed by atoms with Gasteiger partial charge in [-0.3, -0.25) is 4.90 Å². The topological polar surface area (TPSA) is 58.5 Å². The number of hydrogen-bond acceptors (Lipinski definition) is 6. The Morgan fingerprint density at radius 2 is 2.14 bits per heavy atom. The maximum Gasteiger partial charge on any atom is 0.131 e. The summed E-state index contributed by atoms with van der Waals surface area (Å²) in [5.41, 5.74) is -0.0914. The molecule has 0 bridgehead atoms. The first-order chi connectivity index (χ1) is 10.1. The molecule has 0 amide bonds. The molecule has 1 N–H and O–H groups in total. The minimum Gasteiger partial charge on any atom is -0.393 e. The Hall–Kier alpha value is -0.560. The monoisotopic (exact) mass is 311 g/mol. The zero-order chi connectivity index (χ0) is 14.9. The number of piperidine rings is 1. The van der Waals surface area contributed by atoms with E-state index in [0.717, 1.165) is 61.8 Å². The van der Waals surface area contributed by atoms with Crippen LogP contribution in [0.2, 0.25) is 0 Å². The summed E-state index contributed by atoms with van der Waals surface area (Å²) in [7, 11) is 0. The number of likely N-dealkylation sites (tertiary alicyclic amines) is 1. The van der Waals surface area contributed by atoms with E-state index in [2.05, 4.69) is 22.0 Å². The van der Waals surface area contributed by atoms with Crippen molar-refractivity contribution in [1.82, 2.24) is 15.1 Å². The van der Waals surface area contributed by atoms with Crippen LogP contribution in [0.4, 0.5) is 0 Å². The Morgan fingerprint density at radius 3 is 2.76 bits per heavy atom. The first-order valence-corrected chi connectivity index (χ1v) is 8.77. The van der Waals surface area contributed by atoms with Crippen molar-refractivity contribution in [2.75, 3.05) is 13.1 Å². The molecule has 21 heavy (non-hydrogen) atoms. The summed E-state index contributed by atoms with van der Waals surface area (Å²) in [6.07, 6.45) is 4.65. The van der Waals surface area contributed by atoms with Crippen LogP contribution in [0.1, 0.15) is 49.0 Å². The van der Waals surface area contributed by atoms with Crippen LogP contribution >= 0.6 is 11.3 Å². The minimum atomic E-state index is -0.193. The molecule has 2 fully saturated rings. The van der Waals surface area contributed by atoms with Crippen LogP contribution in [-0.2, 0) is 11.3 Å². The highest BCUT2D eigenvalue weighted by atomic mass is 32.1. The van der Waals surface area contributed by atoms with Gasteiger partial charge in [0.1, 0.15) is 10.0 Å². The molecular weight excluding hydrogens is 286 g/mol. The lowest BCUT2D eigenvalue weighted by atomic mass is 9.81. The van der Waals surface area contributed by atoms with Gasteiger partial charge in [-0.05, 0) is 32.6 Å². The molecule has 0 saturated carbocycles. The van der Waals surface area contributed by atoms with E-state index in [0.29, 0.717) is 0 Å². The van der Waals surface area contributed by atoms with Gasteiger partial charge in [0.15, 0.2) is 0 Å². The molecule has 2 aliphatic heterocycles. The average molecular weight is 311 g/mol. The SMILES string of the molecule is CC[C@H]1C[C@@H](O)CC2(CCN(Cc3nnc(C)s3)CC2)O1. The van der Waals surface area contributed by atoms with Crippen LogP contribution in [0.15, 0.2) is 0 Å². The van der Waals surface area contributed by atoms with Crippen molar-refractivity contribution >= 4 is 11.3 Å². The van der Waals surface area contributed by atoms with E-state index in [1.165, 1.54) is 0 Å². The lowest BCUT2D eigenvalue weighted by Gasteiger charge is -2.47. The van der Waals surface area contributed by atoms with Gasteiger partial charge in [-0.1, -0.05) is 6.92 Å². The Kier molecular flexibility index (Phi) is 4.59. The van der Waals surface area contributed by atoms with Crippen LogP contribution in [-0.4, -0.2) is 51.1 Å². The third-order valence-electron chi connectivity index (χ3n) is 4.71. The van der Waals surface area contributed by atoms with Gasteiger partial charge >= 0.3 is 0 Å². The molecular formula is C15H25N3O2S. The van der Waals surface area contributed by atoms with Gasteiger partial charge in [0, 0.05) is 19.5 Å². The second kappa shape index (κ2) is 6.28. The van der Waals surface area contributed by atoms with E-state index in [1.54, 1.807) is 11.3 Å². The first kappa shape index (κ1) is 15.3. The standard InChI is InChI=1S/C15H25N3O2S/c1-3-13-8-12(19)9-15(20-13)4-6-18(7-5-15)10-14-17-16-11(2)21-14/h12-13,19H,3-10H2,1-2H3/t12-,13+/m1/s1. The van der Waals surface area contributed by atoms with Crippen molar-refractivity contribution in [2.24, 2.45) is 0 Å². The zero-order valence-electron chi connectivity index (χ0n) is 12.9. The summed E-state index contributed by atoms with van der Waals surface area (Å²) in [5.74, 6) is 0. The van der Waals surface area contributed by atoms with Crippen LogP contribution in [0.3, 0.4) is 0 Å². The number of aromatic nitrogens is 2. The van der Waals surface area contributed by atoms with Crippen molar-refractivity contribution in [1.29, 1.82) is 0 Å². The third kappa shape index (κ3) is 3.62. The Bertz CT molecular complexity index is 471. The highest BCUT2D eigenvalue weighted by molar-refractivity contribution is 7.11. The molecule has 0 radical (unpaired) electrons. The molecule has 0 aliphatic carbocycles. The predicted octanol–water partition coefficient (Wildman–Crippen LogP) is 2.13. The number of ether oxygens (including phenoxy) is 1. The van der Waals surface area contributed by atoms with Gasteiger partial charge < -0.3 is 9.84 Å². The predicted molar refractivity (Wildman–Crippen MR) is 82.3 cm³/mol. The normalized spacial score (nSPS) is 29.9. The zero-order valence-corrected chi connectivity index (χ0v) is 13.7. The van der Waals surface area contributed by atoms with E-state index >= 15 is 0 Å². The van der Waals surface area contributed by atoms with Crippen molar-refractivity contribution in [3.05, 3.63) is 10.0 Å². The van der Waals surface area contributed by atoms with E-state index in [-0.39, 0.29) is 17.8 Å². The maximum atomic E-state index is 10.1. The van der Waals surface area contributed by atoms with Crippen molar-refractivity contribution < 1.29 is 9.84 Å². The highest BCUT2D eigenvalue weighted by Crippen LogP contribution is 2.38. The fourth-order valence-corrected chi connectivity index (χ4v) is 4.30. The lowest BCUT2D eigenvalue weighted by Crippen LogP contribution is -2.52. The Morgan fingerprint density at radius 1 is 1.38 bits per heavy atom. The van der Waals surface area contributed by atoms with Gasteiger partial charge in [0.25, 0.3) is 0 Å². The molecule has 3 heterocycles. The van der Waals surface area contributed by atoms with E-state index < -0.39 is 0 Å². The lowest BCUT2D eigenvalue weighted by molar-refractivity contribution is -0.182. The molecule has 1 spiro atoms. The number of nitrogens with zero attached hydrogens (tertiary/aromatic N) is 3. The van der Waals surface area contributed by atoms with Crippen LogP contribution in [0.25, 0.3) is 0 Å². The maximum absolute atomic E-state index is 10.1. The molecule has 3 rings (SSSR count). The fourth-order valence-electron chi connectivity index (χ4n) is 3.55. The van der Waals surface area contributed by atoms with Gasteiger partial charge in [-0.25, -0.2) is 0 Å². The third-order valence-corrected chi connectivity index (χ3v) is 5.53. The number of aliphatic hydroxyl groups is 1. The molecule has 2 aliphatic rings. The number of aliphatic hydroxyl groups excluding tert-OH is 1. The van der Waals surface area contributed by atoms with E-state index in [1.807, 2.05) is 6.92 Å². The smallest absolute Gasteiger partial charge is 0.131 e. The van der Waals surface area contributed by atoms with Crippen LogP contribution in [0.5, 0.6) is 0 Å². The van der Waals surface area contributed by atoms with E-state index in [9.17, 15) is 5.11 Å². The Labute approximate surface area is 130 Å². The summed E-state index contributed by atoms with van der Waals surface area (Å²) in [6.45, 7) is 7.06. The second-order valence-electron chi connectivity index (χ2n) is 6.42. The molecule has 2 saturated heterocycles. The molecule has 1 aromatic heterocycles. The summed E-state index contributed by atoms with van der Waals surface area (Å²) in [4.78, 5) is 2.43. The minimum absolute atomic E-state index is 0.0914. The fraction of sp³-hybridized carbons (Fsp3) is 0.867. The molecule has 0 unspecified atom stereocenters. The quantitative estimate of drug-likeness (QED) is 0.927. The number of aryl methyl sites for hydroxylation is 1. The molecule has 1 aromatic rings. The molecule has 5 nitrogen and oxygen atoms in total. The van der Waals surface area contributed by atoms with E-state index in [4.69, 9.17) is 4.74 Å². The second-order valence-corrected chi connectivity index (χ2v) is 7.68. The van der Waals surface area contributed by atoms with Crippen molar-refractivity contribution in [3.63, 3.8) is 0 Å². The summed E-state index contributed by atoms with van der Waals surface area (Å²) in [6, 6.07) is 0. The Balaban J connectivity index is 1.56. The number of rotatable bonds is 3. The summed E-state index contributed by atoms with van der Waals surface area (Å²) < 4.78 is 6.33. The van der Waals surface area contributed by atoms with Crippen molar-refractivity contribution in [2.45, 2.75) is 70.3 Å². The van der Waals surface area contributed by atoms with Crippen molar-refractivity contribution in [3.8, 4) is 0 Å². The molecule has 118 valence electrons. The van der Waals surface area contributed by atoms with Gasteiger partial charge in [-0.2, -0.15) is 0 Å². The first-order valence-electron chi connectivity index (χ1n) is 7.96.